The summed E-state index contributed by atoms with van der Waals surface area (Å²) in [6, 6.07) is -1.54. The Hall–Kier alpha value is -2.60. The van der Waals surface area contributed by atoms with Gasteiger partial charge in [0.15, 0.2) is 6.10 Å². The number of aliphatic carboxylic acids is 1. The minimum absolute atomic E-state index is 0.0875. The van der Waals surface area contributed by atoms with Crippen LogP contribution in [0.25, 0.3) is 0 Å². The van der Waals surface area contributed by atoms with E-state index in [1.54, 1.807) is 12.2 Å². The fourth-order valence-corrected chi connectivity index (χ4v) is 7.51. The number of phosphoric ester groups is 1. The van der Waals surface area contributed by atoms with E-state index in [1.165, 1.54) is 128 Å². The highest BCUT2D eigenvalue weighted by Gasteiger charge is 2.28. The molecule has 366 valence electrons. The lowest BCUT2D eigenvalue weighted by molar-refractivity contribution is -0.161. The topological polar surface area (TPSA) is 192 Å². The summed E-state index contributed by atoms with van der Waals surface area (Å²) in [6.07, 6.45) is 47.8. The third-order valence-electron chi connectivity index (χ3n) is 10.7. The zero-order chi connectivity index (χ0) is 46.5. The van der Waals surface area contributed by atoms with Gasteiger partial charge in [0.1, 0.15) is 12.6 Å². The number of hydrogen-bond donors (Lipinski definition) is 4. The van der Waals surface area contributed by atoms with E-state index in [9.17, 15) is 28.9 Å². The summed E-state index contributed by atoms with van der Waals surface area (Å²) >= 11 is 0. The van der Waals surface area contributed by atoms with Gasteiger partial charge in [-0.05, 0) is 44.9 Å². The summed E-state index contributed by atoms with van der Waals surface area (Å²) in [7, 11) is -4.75. The first-order valence-corrected chi connectivity index (χ1v) is 26.3. The van der Waals surface area contributed by atoms with Crippen molar-refractivity contribution in [2.75, 3.05) is 19.8 Å². The van der Waals surface area contributed by atoms with Crippen molar-refractivity contribution in [3.8, 4) is 0 Å². The summed E-state index contributed by atoms with van der Waals surface area (Å²) in [6.45, 7) is 2.66. The fourth-order valence-electron chi connectivity index (χ4n) is 6.73. The second kappa shape index (κ2) is 44.6. The Morgan fingerprint density at radius 1 is 0.571 bits per heavy atom. The summed E-state index contributed by atoms with van der Waals surface area (Å²) in [5.41, 5.74) is 5.34. The molecule has 0 heterocycles. The molecule has 0 saturated heterocycles. The standard InChI is InChI=1S/C50H90NO11P/c1-3-5-7-9-11-13-14-15-16-17-18-19-20-21-22-23-24-26-28-32-37-41-49(54)62-46(43-60-63(57,58)61-44-47(51)50(55)56)42-59-48(53)40-36-33-29-31-35-39-45(52)38-34-30-27-25-12-10-8-6-4-2/h12,25,29-31,34-35,39,45-47,52H,3-11,13-24,26-28,32-33,36-38,40-44,51H2,1-2H3,(H,55,56)(H,57,58)/b25-12-,31-29+,34-30-,39-35-/t45?,46-,47+/m1/s1. The summed E-state index contributed by atoms with van der Waals surface area (Å²) in [5, 5.41) is 19.0. The van der Waals surface area contributed by atoms with E-state index in [2.05, 4.69) is 30.5 Å². The minimum atomic E-state index is -4.75. The number of allylic oxidation sites excluding steroid dienone is 6. The van der Waals surface area contributed by atoms with Crippen LogP contribution in [0, 0.1) is 0 Å². The molecule has 0 aliphatic rings. The van der Waals surface area contributed by atoms with Crippen LogP contribution in [0.4, 0.5) is 0 Å². The number of carbonyl (C=O) groups is 3. The van der Waals surface area contributed by atoms with Crippen molar-refractivity contribution in [2.24, 2.45) is 5.73 Å². The van der Waals surface area contributed by atoms with E-state index in [0.717, 1.165) is 32.1 Å². The first-order valence-electron chi connectivity index (χ1n) is 24.8. The van der Waals surface area contributed by atoms with Gasteiger partial charge in [0.2, 0.25) is 0 Å². The third kappa shape index (κ3) is 44.4. The Morgan fingerprint density at radius 3 is 1.60 bits per heavy atom. The van der Waals surface area contributed by atoms with E-state index in [0.29, 0.717) is 25.7 Å². The van der Waals surface area contributed by atoms with Gasteiger partial charge in [-0.3, -0.25) is 23.4 Å². The molecule has 0 aliphatic carbocycles. The van der Waals surface area contributed by atoms with Gasteiger partial charge in [-0.2, -0.15) is 0 Å². The van der Waals surface area contributed by atoms with Crippen LogP contribution in [-0.4, -0.2) is 71.1 Å². The van der Waals surface area contributed by atoms with Crippen LogP contribution < -0.4 is 5.73 Å². The predicted molar refractivity (Wildman–Crippen MR) is 255 cm³/mol. The van der Waals surface area contributed by atoms with Gasteiger partial charge in [-0.1, -0.05) is 204 Å². The molecule has 0 aromatic rings. The lowest BCUT2D eigenvalue weighted by Gasteiger charge is -2.20. The lowest BCUT2D eigenvalue weighted by atomic mass is 10.0. The molecular formula is C50H90NO11P. The molecule has 0 fully saturated rings. The molecule has 12 nitrogen and oxygen atoms in total. The van der Waals surface area contributed by atoms with Gasteiger partial charge < -0.3 is 30.3 Å². The number of carbonyl (C=O) groups excluding carboxylic acids is 2. The fraction of sp³-hybridized carbons (Fsp3) is 0.780. The highest BCUT2D eigenvalue weighted by molar-refractivity contribution is 7.47. The molecule has 0 bridgehead atoms. The zero-order valence-corrected chi connectivity index (χ0v) is 40.4. The SMILES string of the molecule is CCCCC/C=C\C/C=C\CC(O)/C=C\C=C\CCCC(=O)OC[C@H](COP(=O)(O)OC[C@H](N)C(=O)O)OC(=O)CCCCCCCCCCCCCCCCCCCCCCC. The number of phosphoric acid groups is 1. The number of nitrogens with two attached hydrogens (primary N) is 1. The summed E-state index contributed by atoms with van der Waals surface area (Å²) < 4.78 is 32.7. The summed E-state index contributed by atoms with van der Waals surface area (Å²) in [5.74, 6) is -2.52. The van der Waals surface area contributed by atoms with Gasteiger partial charge in [0.05, 0.1) is 19.3 Å². The number of hydrogen-bond acceptors (Lipinski definition) is 10. The Bertz CT molecular complexity index is 1270. The molecule has 0 saturated carbocycles. The highest BCUT2D eigenvalue weighted by Crippen LogP contribution is 2.43. The zero-order valence-electron chi connectivity index (χ0n) is 39.5. The molecule has 0 aromatic carbocycles. The number of aliphatic hydroxyl groups is 1. The average Bonchev–Trinajstić information content (AvgIpc) is 3.26. The van der Waals surface area contributed by atoms with Crippen molar-refractivity contribution in [3.63, 3.8) is 0 Å². The number of carboxylic acid groups (broad SMARTS) is 1. The van der Waals surface area contributed by atoms with Crippen LogP contribution in [0.15, 0.2) is 48.6 Å². The Balaban J connectivity index is 4.39. The predicted octanol–water partition coefficient (Wildman–Crippen LogP) is 12.7. The summed E-state index contributed by atoms with van der Waals surface area (Å²) in [4.78, 5) is 46.1. The second-order valence-corrected chi connectivity index (χ2v) is 18.3. The van der Waals surface area contributed by atoms with E-state index >= 15 is 0 Å². The molecule has 4 atom stereocenters. The van der Waals surface area contributed by atoms with E-state index in [1.807, 2.05) is 24.3 Å². The largest absolute Gasteiger partial charge is 0.480 e. The van der Waals surface area contributed by atoms with Crippen molar-refractivity contribution in [2.45, 2.75) is 231 Å². The van der Waals surface area contributed by atoms with Gasteiger partial charge in [-0.25, -0.2) is 4.57 Å². The van der Waals surface area contributed by atoms with Crippen LogP contribution in [0.1, 0.15) is 213 Å². The van der Waals surface area contributed by atoms with Crippen LogP contribution in [0.5, 0.6) is 0 Å². The number of ether oxygens (including phenoxy) is 2. The van der Waals surface area contributed by atoms with Crippen molar-refractivity contribution in [3.05, 3.63) is 48.6 Å². The number of rotatable bonds is 46. The average molecular weight is 912 g/mol. The van der Waals surface area contributed by atoms with Gasteiger partial charge in [0.25, 0.3) is 0 Å². The molecule has 13 heteroatoms. The number of aliphatic hydroxyl groups excluding tert-OH is 1. The molecule has 0 aliphatic heterocycles. The molecular weight excluding hydrogens is 822 g/mol. The Morgan fingerprint density at radius 2 is 1.05 bits per heavy atom. The minimum Gasteiger partial charge on any atom is -0.480 e. The van der Waals surface area contributed by atoms with E-state index < -0.39 is 63.8 Å². The van der Waals surface area contributed by atoms with Crippen molar-refractivity contribution >= 4 is 25.7 Å². The first-order chi connectivity index (χ1) is 30.5. The maximum absolute atomic E-state index is 12.7. The maximum Gasteiger partial charge on any atom is 0.472 e. The highest BCUT2D eigenvalue weighted by atomic mass is 31.2. The molecule has 0 amide bonds. The maximum atomic E-state index is 12.7. The number of esters is 2. The third-order valence-corrected chi connectivity index (χ3v) is 11.6. The van der Waals surface area contributed by atoms with E-state index in [-0.39, 0.29) is 12.8 Å². The normalized spacial score (nSPS) is 14.5. The number of unbranched alkanes of at least 4 members (excludes halogenated alkanes) is 24. The monoisotopic (exact) mass is 912 g/mol. The van der Waals surface area contributed by atoms with Crippen molar-refractivity contribution in [1.29, 1.82) is 0 Å². The van der Waals surface area contributed by atoms with Crippen molar-refractivity contribution in [1.82, 2.24) is 0 Å². The quantitative estimate of drug-likeness (QED) is 0.0149. The smallest absolute Gasteiger partial charge is 0.472 e. The van der Waals surface area contributed by atoms with Gasteiger partial charge in [-0.15, -0.1) is 0 Å². The Labute approximate surface area is 382 Å². The van der Waals surface area contributed by atoms with Gasteiger partial charge in [0, 0.05) is 12.8 Å². The molecule has 63 heavy (non-hydrogen) atoms. The molecule has 5 N–H and O–H groups in total. The molecule has 0 aromatic heterocycles. The van der Waals surface area contributed by atoms with Crippen LogP contribution in [0.2, 0.25) is 0 Å². The number of carboxylic acids is 1. The van der Waals surface area contributed by atoms with Crippen LogP contribution >= 0.6 is 7.82 Å². The van der Waals surface area contributed by atoms with Crippen LogP contribution in [0.3, 0.4) is 0 Å². The molecule has 0 rings (SSSR count). The lowest BCUT2D eigenvalue weighted by Crippen LogP contribution is -2.34. The van der Waals surface area contributed by atoms with Gasteiger partial charge >= 0.3 is 25.7 Å². The Kier molecular flexibility index (Phi) is 42.8. The molecule has 0 radical (unpaired) electrons. The second-order valence-electron chi connectivity index (χ2n) is 16.8. The first kappa shape index (κ1) is 60.4. The molecule has 0 spiro atoms. The van der Waals surface area contributed by atoms with Crippen molar-refractivity contribution < 1.29 is 52.6 Å². The van der Waals surface area contributed by atoms with Crippen LogP contribution in [-0.2, 0) is 37.5 Å². The van der Waals surface area contributed by atoms with E-state index in [4.69, 9.17) is 24.8 Å². The molecule has 2 unspecified atom stereocenters.